The Hall–Kier alpha value is -0.610. The Morgan fingerprint density at radius 3 is 2.89 bits per heavy atom. The summed E-state index contributed by atoms with van der Waals surface area (Å²) >= 11 is 0. The molecular weight excluding hydrogens is 228 g/mol. The lowest BCUT2D eigenvalue weighted by Crippen LogP contribution is -2.36. The van der Waals surface area contributed by atoms with Crippen molar-refractivity contribution in [3.63, 3.8) is 0 Å². The van der Waals surface area contributed by atoms with Gasteiger partial charge in [-0.25, -0.2) is 0 Å². The van der Waals surface area contributed by atoms with Gasteiger partial charge in [0, 0.05) is 32.7 Å². The van der Waals surface area contributed by atoms with Crippen molar-refractivity contribution >= 4 is 5.91 Å². The van der Waals surface area contributed by atoms with Crippen LogP contribution in [-0.4, -0.2) is 50.2 Å². The minimum atomic E-state index is 0.345. The van der Waals surface area contributed by atoms with Gasteiger partial charge < -0.3 is 15.0 Å². The molecule has 0 radical (unpaired) electrons. The van der Waals surface area contributed by atoms with Gasteiger partial charge in [0.25, 0.3) is 0 Å². The second-order valence-corrected chi connectivity index (χ2v) is 5.49. The highest BCUT2D eigenvalue weighted by Gasteiger charge is 2.29. The average Bonchev–Trinajstić information content (AvgIpc) is 2.67. The fourth-order valence-corrected chi connectivity index (χ4v) is 2.37. The number of carbonyl (C=O) groups excluding carboxylic acids is 1. The van der Waals surface area contributed by atoms with Crippen molar-refractivity contribution in [2.24, 2.45) is 5.92 Å². The Balaban J connectivity index is 2.23. The van der Waals surface area contributed by atoms with Crippen LogP contribution >= 0.6 is 0 Å². The highest BCUT2D eigenvalue weighted by molar-refractivity contribution is 5.78. The van der Waals surface area contributed by atoms with Gasteiger partial charge in [0.05, 0.1) is 6.61 Å². The molecule has 106 valence electrons. The summed E-state index contributed by atoms with van der Waals surface area (Å²) in [6, 6.07) is 0.450. The molecule has 1 atom stereocenters. The van der Waals surface area contributed by atoms with Crippen molar-refractivity contribution in [2.75, 3.05) is 33.4 Å². The number of ether oxygens (including phenoxy) is 1. The Kier molecular flexibility index (Phi) is 7.28. The molecule has 1 heterocycles. The van der Waals surface area contributed by atoms with E-state index in [0.29, 0.717) is 17.9 Å². The molecule has 1 aliphatic heterocycles. The predicted octanol–water partition coefficient (Wildman–Crippen LogP) is 1.65. The topological polar surface area (TPSA) is 41.6 Å². The number of likely N-dealkylation sites (tertiary alicyclic amines) is 1. The molecular formula is C14H28N2O2. The summed E-state index contributed by atoms with van der Waals surface area (Å²) in [5.41, 5.74) is 0. The SMILES string of the molecule is COCCNCC[C@@H]1CCC(=O)N1CCC(C)C. The lowest BCUT2D eigenvalue weighted by atomic mass is 10.1. The second kappa shape index (κ2) is 8.48. The van der Waals surface area contributed by atoms with E-state index >= 15 is 0 Å². The molecule has 0 aromatic rings. The molecule has 0 saturated carbocycles. The van der Waals surface area contributed by atoms with Crippen molar-refractivity contribution in [2.45, 2.75) is 45.6 Å². The van der Waals surface area contributed by atoms with Crippen molar-refractivity contribution < 1.29 is 9.53 Å². The van der Waals surface area contributed by atoms with Crippen LogP contribution in [0.5, 0.6) is 0 Å². The van der Waals surface area contributed by atoms with Gasteiger partial charge in [-0.05, 0) is 31.7 Å². The quantitative estimate of drug-likeness (QED) is 0.638. The van der Waals surface area contributed by atoms with Gasteiger partial charge in [-0.2, -0.15) is 0 Å². The zero-order chi connectivity index (χ0) is 13.4. The normalized spacial score (nSPS) is 20.1. The molecule has 0 unspecified atom stereocenters. The van der Waals surface area contributed by atoms with E-state index < -0.39 is 0 Å². The van der Waals surface area contributed by atoms with Crippen molar-refractivity contribution in [3.8, 4) is 0 Å². The molecule has 0 bridgehead atoms. The van der Waals surface area contributed by atoms with Crippen LogP contribution in [-0.2, 0) is 9.53 Å². The monoisotopic (exact) mass is 256 g/mol. The molecule has 1 amide bonds. The summed E-state index contributed by atoms with van der Waals surface area (Å²) in [7, 11) is 1.71. The summed E-state index contributed by atoms with van der Waals surface area (Å²) < 4.78 is 4.99. The molecule has 4 heteroatoms. The van der Waals surface area contributed by atoms with E-state index in [0.717, 1.165) is 51.9 Å². The summed E-state index contributed by atoms with van der Waals surface area (Å²) in [5.74, 6) is 1.01. The Bertz CT molecular complexity index is 244. The molecule has 1 fully saturated rings. The summed E-state index contributed by atoms with van der Waals surface area (Å²) in [4.78, 5) is 13.9. The number of amides is 1. The molecule has 4 nitrogen and oxygen atoms in total. The van der Waals surface area contributed by atoms with Gasteiger partial charge in [0.1, 0.15) is 0 Å². The third kappa shape index (κ3) is 5.36. The zero-order valence-corrected chi connectivity index (χ0v) is 12.1. The maximum absolute atomic E-state index is 11.8. The average molecular weight is 256 g/mol. The molecule has 1 saturated heterocycles. The van der Waals surface area contributed by atoms with Crippen LogP contribution in [0.1, 0.15) is 39.5 Å². The number of nitrogens with zero attached hydrogens (tertiary/aromatic N) is 1. The number of carbonyl (C=O) groups is 1. The van der Waals surface area contributed by atoms with Crippen LogP contribution < -0.4 is 5.32 Å². The fourth-order valence-electron chi connectivity index (χ4n) is 2.37. The first kappa shape index (κ1) is 15.4. The molecule has 1 aliphatic rings. The molecule has 1 N–H and O–H groups in total. The van der Waals surface area contributed by atoms with Gasteiger partial charge in [0.2, 0.25) is 5.91 Å². The maximum atomic E-state index is 11.8. The van der Waals surface area contributed by atoms with E-state index in [2.05, 4.69) is 24.1 Å². The van der Waals surface area contributed by atoms with Gasteiger partial charge in [-0.15, -0.1) is 0 Å². The van der Waals surface area contributed by atoms with Crippen molar-refractivity contribution in [3.05, 3.63) is 0 Å². The number of nitrogens with one attached hydrogen (secondary N) is 1. The Morgan fingerprint density at radius 2 is 2.22 bits per heavy atom. The zero-order valence-electron chi connectivity index (χ0n) is 12.1. The summed E-state index contributed by atoms with van der Waals surface area (Å²) in [5, 5.41) is 3.35. The van der Waals surface area contributed by atoms with Crippen LogP contribution in [0.15, 0.2) is 0 Å². The first-order valence-electron chi connectivity index (χ1n) is 7.14. The number of rotatable bonds is 9. The van der Waals surface area contributed by atoms with E-state index in [1.807, 2.05) is 0 Å². The second-order valence-electron chi connectivity index (χ2n) is 5.49. The highest BCUT2D eigenvalue weighted by atomic mass is 16.5. The van der Waals surface area contributed by atoms with E-state index in [9.17, 15) is 4.79 Å². The molecule has 0 aliphatic carbocycles. The van der Waals surface area contributed by atoms with E-state index in [-0.39, 0.29) is 0 Å². The van der Waals surface area contributed by atoms with Crippen molar-refractivity contribution in [1.82, 2.24) is 10.2 Å². The lowest BCUT2D eigenvalue weighted by molar-refractivity contribution is -0.129. The minimum Gasteiger partial charge on any atom is -0.383 e. The van der Waals surface area contributed by atoms with Gasteiger partial charge in [0.15, 0.2) is 0 Å². The Labute approximate surface area is 111 Å². The van der Waals surface area contributed by atoms with E-state index in [4.69, 9.17) is 4.74 Å². The third-order valence-corrected chi connectivity index (χ3v) is 3.54. The third-order valence-electron chi connectivity index (χ3n) is 3.54. The predicted molar refractivity (Wildman–Crippen MR) is 73.6 cm³/mol. The van der Waals surface area contributed by atoms with Crippen LogP contribution in [0.4, 0.5) is 0 Å². The minimum absolute atomic E-state index is 0.345. The van der Waals surface area contributed by atoms with Gasteiger partial charge in [-0.3, -0.25) is 4.79 Å². The molecule has 0 aromatic heterocycles. The largest absolute Gasteiger partial charge is 0.383 e. The number of methoxy groups -OCH3 is 1. The number of hydrogen-bond donors (Lipinski definition) is 1. The van der Waals surface area contributed by atoms with E-state index in [1.165, 1.54) is 0 Å². The molecule has 1 rings (SSSR count). The number of hydrogen-bond acceptors (Lipinski definition) is 3. The Morgan fingerprint density at radius 1 is 1.44 bits per heavy atom. The summed E-state index contributed by atoms with van der Waals surface area (Å²) in [6.45, 7) is 7.96. The van der Waals surface area contributed by atoms with Crippen LogP contribution in [0.25, 0.3) is 0 Å². The summed E-state index contributed by atoms with van der Waals surface area (Å²) in [6.07, 6.45) is 3.94. The first-order chi connectivity index (χ1) is 8.65. The molecule has 18 heavy (non-hydrogen) atoms. The van der Waals surface area contributed by atoms with Crippen LogP contribution in [0.2, 0.25) is 0 Å². The fraction of sp³-hybridized carbons (Fsp3) is 0.929. The highest BCUT2D eigenvalue weighted by Crippen LogP contribution is 2.22. The standard InChI is InChI=1S/C14H28N2O2/c1-12(2)7-10-16-13(4-5-14(16)17)6-8-15-9-11-18-3/h12-13,15H,4-11H2,1-3H3/t13-/m0/s1. The van der Waals surface area contributed by atoms with Crippen molar-refractivity contribution in [1.29, 1.82) is 0 Å². The van der Waals surface area contributed by atoms with Crippen LogP contribution in [0.3, 0.4) is 0 Å². The van der Waals surface area contributed by atoms with E-state index in [1.54, 1.807) is 7.11 Å². The molecule has 0 aromatic carbocycles. The smallest absolute Gasteiger partial charge is 0.222 e. The van der Waals surface area contributed by atoms with Gasteiger partial charge in [-0.1, -0.05) is 13.8 Å². The van der Waals surface area contributed by atoms with Crippen LogP contribution in [0, 0.1) is 5.92 Å². The molecule has 0 spiro atoms. The first-order valence-corrected chi connectivity index (χ1v) is 7.14. The lowest BCUT2D eigenvalue weighted by Gasteiger charge is -2.25. The van der Waals surface area contributed by atoms with Gasteiger partial charge >= 0.3 is 0 Å². The maximum Gasteiger partial charge on any atom is 0.222 e.